The minimum atomic E-state index is -1.11. The molecule has 0 amide bonds. The molecule has 0 saturated heterocycles. The zero-order valence-electron chi connectivity index (χ0n) is 11.6. The third-order valence-electron chi connectivity index (χ3n) is 3.57. The second kappa shape index (κ2) is 5.39. The fourth-order valence-corrected chi connectivity index (χ4v) is 2.71. The zero-order chi connectivity index (χ0) is 14.9. The Morgan fingerprint density at radius 1 is 1.14 bits per heavy atom. The molecule has 2 aromatic carbocycles. The smallest absolute Gasteiger partial charge is 0.244 e. The summed E-state index contributed by atoms with van der Waals surface area (Å²) in [5, 5.41) is 16.6. The molecule has 0 fully saturated rings. The molecule has 108 valence electrons. The van der Waals surface area contributed by atoms with Gasteiger partial charge in [0.05, 0.1) is 16.9 Å². The van der Waals surface area contributed by atoms with Crippen LogP contribution in [-0.2, 0) is 0 Å². The van der Waals surface area contributed by atoms with Crippen molar-refractivity contribution in [3.63, 3.8) is 0 Å². The largest absolute Gasteiger partial charge is 0.341 e. The summed E-state index contributed by atoms with van der Waals surface area (Å²) in [6, 6.07) is 17.3. The van der Waals surface area contributed by atoms with Crippen molar-refractivity contribution in [2.24, 2.45) is 4.99 Å². The van der Waals surface area contributed by atoms with Crippen molar-refractivity contribution in [1.29, 1.82) is 0 Å². The van der Waals surface area contributed by atoms with E-state index in [1.54, 1.807) is 0 Å². The molecule has 0 radical (unpaired) electrons. The van der Waals surface area contributed by atoms with E-state index in [1.165, 1.54) is 0 Å². The van der Waals surface area contributed by atoms with E-state index in [0.717, 1.165) is 21.3 Å². The normalized spacial score (nSPS) is 20.7. The van der Waals surface area contributed by atoms with E-state index in [2.05, 4.69) is 10.3 Å². The van der Waals surface area contributed by atoms with Crippen molar-refractivity contribution in [1.82, 2.24) is 5.06 Å². The number of para-hydroxylation sites is 2. The van der Waals surface area contributed by atoms with Crippen LogP contribution in [0.2, 0.25) is 0 Å². The fourth-order valence-electron chi connectivity index (χ4n) is 2.47. The summed E-state index contributed by atoms with van der Waals surface area (Å²) in [5.74, 6) is -1.01. The molecule has 1 aliphatic rings. The fraction of sp³-hybridized carbons (Fsp3) is 0.188. The van der Waals surface area contributed by atoms with Gasteiger partial charge >= 0.3 is 0 Å². The Labute approximate surface area is 128 Å². The Morgan fingerprint density at radius 3 is 2.52 bits per heavy atom. The number of nitrogens with one attached hydrogen (secondary N) is 1. The number of hydrogen-bond donors (Lipinski definition) is 2. The lowest BCUT2D eigenvalue weighted by Gasteiger charge is -2.39. The number of alkyl halides is 1. The van der Waals surface area contributed by atoms with Gasteiger partial charge in [-0.05, 0) is 25.1 Å². The van der Waals surface area contributed by atoms with Gasteiger partial charge in [0.2, 0.25) is 5.79 Å². The van der Waals surface area contributed by atoms with E-state index in [9.17, 15) is 5.21 Å². The summed E-state index contributed by atoms with van der Waals surface area (Å²) in [4.78, 5) is 4.63. The molecule has 2 N–H and O–H groups in total. The van der Waals surface area contributed by atoms with Gasteiger partial charge in [0, 0.05) is 10.9 Å². The van der Waals surface area contributed by atoms with E-state index >= 15 is 0 Å². The molecular weight excluding hydrogens is 286 g/mol. The molecule has 0 bridgehead atoms. The SMILES string of the molecule is CC1=c2ccccc2=NC(CCl)(Nc2ccccc2)N1O. The average molecular weight is 302 g/mol. The Kier molecular flexibility index (Phi) is 3.57. The molecular formula is C16H16ClN3O. The second-order valence-electron chi connectivity index (χ2n) is 4.97. The first kappa shape index (κ1) is 13.9. The molecule has 0 aliphatic carbocycles. The van der Waals surface area contributed by atoms with Crippen molar-refractivity contribution < 1.29 is 5.21 Å². The lowest BCUT2D eigenvalue weighted by Crippen LogP contribution is -2.58. The first-order valence-electron chi connectivity index (χ1n) is 6.70. The minimum Gasteiger partial charge on any atom is -0.341 e. The molecule has 0 spiro atoms. The van der Waals surface area contributed by atoms with E-state index in [1.807, 2.05) is 61.5 Å². The lowest BCUT2D eigenvalue weighted by molar-refractivity contribution is -0.101. The topological polar surface area (TPSA) is 47.9 Å². The Hall–Kier alpha value is -2.04. The van der Waals surface area contributed by atoms with Gasteiger partial charge in [-0.3, -0.25) is 5.21 Å². The summed E-state index contributed by atoms with van der Waals surface area (Å²) in [7, 11) is 0. The van der Waals surface area contributed by atoms with E-state index < -0.39 is 5.79 Å². The van der Waals surface area contributed by atoms with Crippen molar-refractivity contribution >= 4 is 23.0 Å². The molecule has 1 aliphatic heterocycles. The summed E-state index contributed by atoms with van der Waals surface area (Å²) < 4.78 is 0. The predicted molar refractivity (Wildman–Crippen MR) is 83.4 cm³/mol. The van der Waals surface area contributed by atoms with E-state index in [4.69, 9.17) is 11.6 Å². The molecule has 1 heterocycles. The highest BCUT2D eigenvalue weighted by atomic mass is 35.5. The Bertz CT molecular complexity index is 763. The van der Waals surface area contributed by atoms with Crippen molar-refractivity contribution in [3.05, 3.63) is 65.2 Å². The van der Waals surface area contributed by atoms with Crippen LogP contribution < -0.4 is 15.9 Å². The summed E-state index contributed by atoms with van der Waals surface area (Å²) in [5.41, 5.74) is 1.55. The first-order valence-corrected chi connectivity index (χ1v) is 7.24. The first-order chi connectivity index (χ1) is 10.2. The van der Waals surface area contributed by atoms with Gasteiger partial charge in [0.15, 0.2) is 0 Å². The van der Waals surface area contributed by atoms with Gasteiger partial charge in [-0.2, -0.15) is 0 Å². The van der Waals surface area contributed by atoms with Gasteiger partial charge in [-0.15, -0.1) is 11.6 Å². The highest BCUT2D eigenvalue weighted by Crippen LogP contribution is 2.25. The average Bonchev–Trinajstić information content (AvgIpc) is 2.53. The summed E-state index contributed by atoms with van der Waals surface area (Å²) in [6.07, 6.45) is 0. The van der Waals surface area contributed by atoms with Gasteiger partial charge < -0.3 is 5.32 Å². The van der Waals surface area contributed by atoms with Crippen LogP contribution in [0.3, 0.4) is 0 Å². The number of rotatable bonds is 3. The number of halogens is 1. The van der Waals surface area contributed by atoms with Crippen LogP contribution in [0.15, 0.2) is 59.6 Å². The van der Waals surface area contributed by atoms with Gasteiger partial charge in [0.1, 0.15) is 0 Å². The number of fused-ring (bicyclic) bond motifs is 1. The van der Waals surface area contributed by atoms with Crippen LogP contribution >= 0.6 is 11.6 Å². The third kappa shape index (κ3) is 2.37. The monoisotopic (exact) mass is 301 g/mol. The van der Waals surface area contributed by atoms with Crippen LogP contribution in [0.5, 0.6) is 0 Å². The quantitative estimate of drug-likeness (QED) is 0.854. The minimum absolute atomic E-state index is 0.101. The molecule has 3 rings (SSSR count). The standard InChI is InChI=1S/C16H16ClN3O/c1-12-14-9-5-6-10-15(14)19-16(11-17,20(12)21)18-13-7-3-2-4-8-13/h2-10,18,21H,11H2,1H3. The number of hydroxylamine groups is 2. The highest BCUT2D eigenvalue weighted by Gasteiger charge is 2.38. The molecule has 0 saturated carbocycles. The maximum absolute atomic E-state index is 10.6. The zero-order valence-corrected chi connectivity index (χ0v) is 12.4. The number of benzene rings is 2. The van der Waals surface area contributed by atoms with Crippen LogP contribution in [0.1, 0.15) is 6.92 Å². The summed E-state index contributed by atoms with van der Waals surface area (Å²) in [6.45, 7) is 1.85. The maximum Gasteiger partial charge on any atom is 0.244 e. The third-order valence-corrected chi connectivity index (χ3v) is 3.94. The van der Waals surface area contributed by atoms with Gasteiger partial charge in [-0.25, -0.2) is 10.1 Å². The molecule has 1 unspecified atom stereocenters. The number of hydrogen-bond acceptors (Lipinski definition) is 4. The van der Waals surface area contributed by atoms with Crippen molar-refractivity contribution in [2.75, 3.05) is 11.2 Å². The molecule has 4 nitrogen and oxygen atoms in total. The molecule has 1 atom stereocenters. The lowest BCUT2D eigenvalue weighted by atomic mass is 10.1. The van der Waals surface area contributed by atoms with Crippen molar-refractivity contribution in [3.8, 4) is 0 Å². The number of nitrogens with zero attached hydrogens (tertiary/aromatic N) is 2. The Balaban J connectivity index is 2.14. The predicted octanol–water partition coefficient (Wildman–Crippen LogP) is 2.14. The second-order valence-corrected chi connectivity index (χ2v) is 5.23. The van der Waals surface area contributed by atoms with Crippen molar-refractivity contribution in [2.45, 2.75) is 12.7 Å². The van der Waals surface area contributed by atoms with E-state index in [0.29, 0.717) is 5.70 Å². The van der Waals surface area contributed by atoms with Crippen LogP contribution in [-0.4, -0.2) is 21.9 Å². The molecule has 5 heteroatoms. The Morgan fingerprint density at radius 2 is 1.81 bits per heavy atom. The van der Waals surface area contributed by atoms with Crippen LogP contribution in [0.4, 0.5) is 5.69 Å². The molecule has 21 heavy (non-hydrogen) atoms. The number of anilines is 1. The highest BCUT2D eigenvalue weighted by molar-refractivity contribution is 6.18. The van der Waals surface area contributed by atoms with E-state index in [-0.39, 0.29) is 5.88 Å². The molecule has 2 aromatic rings. The molecule has 0 aromatic heterocycles. The maximum atomic E-state index is 10.6. The van der Waals surface area contributed by atoms with Gasteiger partial charge in [-0.1, -0.05) is 36.4 Å². The van der Waals surface area contributed by atoms with Crippen LogP contribution in [0, 0.1) is 0 Å². The van der Waals surface area contributed by atoms with Gasteiger partial charge in [0.25, 0.3) is 0 Å². The summed E-state index contributed by atoms with van der Waals surface area (Å²) >= 11 is 6.14. The van der Waals surface area contributed by atoms with Crippen LogP contribution in [0.25, 0.3) is 5.70 Å².